The van der Waals surface area contributed by atoms with Gasteiger partial charge in [-0.25, -0.2) is 0 Å². The number of amides is 2. The maximum atomic E-state index is 13.9. The molecule has 2 amide bonds. The number of carbonyl (C=O) groups is 2. The Hall–Kier alpha value is -3.96. The van der Waals surface area contributed by atoms with E-state index in [4.69, 9.17) is 0 Å². The van der Waals surface area contributed by atoms with Crippen LogP contribution in [0.2, 0.25) is 0 Å². The second-order valence-corrected chi connectivity index (χ2v) is 9.76. The molecule has 4 aromatic carbocycles. The molecule has 5 rings (SSSR count). The van der Waals surface area contributed by atoms with Crippen molar-refractivity contribution in [3.63, 3.8) is 0 Å². The lowest BCUT2D eigenvalue weighted by Crippen LogP contribution is -2.52. The lowest BCUT2D eigenvalue weighted by atomic mass is 9.95. The highest BCUT2D eigenvalue weighted by atomic mass is 16.2. The number of nitrogens with zero attached hydrogens (tertiary/aromatic N) is 1. The van der Waals surface area contributed by atoms with Crippen molar-refractivity contribution in [1.82, 2.24) is 10.6 Å². The lowest BCUT2D eigenvalue weighted by Gasteiger charge is -2.27. The van der Waals surface area contributed by atoms with Crippen molar-refractivity contribution < 1.29 is 9.59 Å². The van der Waals surface area contributed by atoms with Crippen molar-refractivity contribution >= 4 is 28.3 Å². The van der Waals surface area contributed by atoms with Gasteiger partial charge in [0.1, 0.15) is 6.04 Å². The van der Waals surface area contributed by atoms with Gasteiger partial charge in [0.05, 0.1) is 12.6 Å². The summed E-state index contributed by atoms with van der Waals surface area (Å²) in [5, 5.41) is 8.30. The molecule has 0 saturated carbocycles. The number of rotatable bonds is 7. The molecular formula is C32H33N3O2. The highest BCUT2D eigenvalue weighted by molar-refractivity contribution is 6.01. The van der Waals surface area contributed by atoms with Crippen LogP contribution in [-0.2, 0) is 29.0 Å². The Morgan fingerprint density at radius 3 is 2.32 bits per heavy atom. The van der Waals surface area contributed by atoms with Crippen LogP contribution in [0.3, 0.4) is 0 Å². The zero-order valence-corrected chi connectivity index (χ0v) is 21.4. The van der Waals surface area contributed by atoms with Gasteiger partial charge in [-0.2, -0.15) is 0 Å². The van der Waals surface area contributed by atoms with E-state index in [0.717, 1.165) is 35.0 Å². The Morgan fingerprint density at radius 1 is 0.892 bits per heavy atom. The summed E-state index contributed by atoms with van der Waals surface area (Å²) in [5.41, 5.74) is 5.67. The average Bonchev–Trinajstić information content (AvgIpc) is 3.06. The van der Waals surface area contributed by atoms with E-state index in [9.17, 15) is 9.59 Å². The third-order valence-electron chi connectivity index (χ3n) is 7.36. The number of hydrogen-bond donors (Lipinski definition) is 2. The predicted molar refractivity (Wildman–Crippen MR) is 150 cm³/mol. The van der Waals surface area contributed by atoms with Gasteiger partial charge >= 0.3 is 0 Å². The molecule has 0 radical (unpaired) electrons. The maximum absolute atomic E-state index is 13.9. The minimum atomic E-state index is -0.570. The molecule has 5 nitrogen and oxygen atoms in total. The normalized spacial score (nSPS) is 16.2. The molecule has 2 N–H and O–H groups in total. The predicted octanol–water partition coefficient (Wildman–Crippen LogP) is 5.00. The van der Waals surface area contributed by atoms with Gasteiger partial charge < -0.3 is 15.5 Å². The highest BCUT2D eigenvalue weighted by Crippen LogP contribution is 2.31. The van der Waals surface area contributed by atoms with Crippen LogP contribution in [0, 0.1) is 0 Å². The number of fused-ring (bicyclic) bond motifs is 2. The second kappa shape index (κ2) is 11.0. The molecule has 0 aromatic heterocycles. The molecule has 1 aliphatic heterocycles. The average molecular weight is 492 g/mol. The standard InChI is InChI=1S/C32H33N3O2/c1-22(33-2)31(36)34-29-19-18-24-12-6-7-17-30(24)35(32(29)37)21-26-14-9-15-27-25(13-8-16-28(26)27)20-23-10-4-3-5-11-23/h3-17,22,29,33H,18-21H2,1-2H3,(H,34,36)/t22-,29-/m0/s1. The lowest BCUT2D eigenvalue weighted by molar-refractivity contribution is -0.128. The van der Waals surface area contributed by atoms with Gasteiger partial charge in [-0.15, -0.1) is 0 Å². The number of aryl methyl sites for hydroxylation is 1. The third kappa shape index (κ3) is 5.27. The number of hydrogen-bond acceptors (Lipinski definition) is 3. The number of benzene rings is 4. The number of nitrogens with one attached hydrogen (secondary N) is 2. The van der Waals surface area contributed by atoms with Crippen molar-refractivity contribution in [3.8, 4) is 0 Å². The zero-order chi connectivity index (χ0) is 25.8. The van der Waals surface area contributed by atoms with Crippen LogP contribution in [0.5, 0.6) is 0 Å². The summed E-state index contributed by atoms with van der Waals surface area (Å²) >= 11 is 0. The molecule has 4 aromatic rings. The molecule has 0 bridgehead atoms. The van der Waals surface area contributed by atoms with E-state index in [1.54, 1.807) is 14.0 Å². The Morgan fingerprint density at radius 2 is 1.57 bits per heavy atom. The molecule has 0 spiro atoms. The molecule has 188 valence electrons. The molecule has 1 aliphatic rings. The molecule has 37 heavy (non-hydrogen) atoms. The van der Waals surface area contributed by atoms with Gasteiger partial charge in [0.25, 0.3) is 0 Å². The summed E-state index contributed by atoms with van der Waals surface area (Å²) in [6.07, 6.45) is 2.16. The van der Waals surface area contributed by atoms with Crippen LogP contribution in [0.15, 0.2) is 91.0 Å². The van der Waals surface area contributed by atoms with Gasteiger partial charge in [0.15, 0.2) is 0 Å². The molecule has 0 saturated heterocycles. The summed E-state index contributed by atoms with van der Waals surface area (Å²) < 4.78 is 0. The first-order valence-electron chi connectivity index (χ1n) is 13.0. The van der Waals surface area contributed by atoms with Gasteiger partial charge in [-0.1, -0.05) is 84.9 Å². The fourth-order valence-electron chi connectivity index (χ4n) is 5.16. The van der Waals surface area contributed by atoms with Crippen molar-refractivity contribution in [3.05, 3.63) is 113 Å². The summed E-state index contributed by atoms with van der Waals surface area (Å²) in [6, 6.07) is 30.4. The first-order valence-corrected chi connectivity index (χ1v) is 13.0. The number of anilines is 1. The molecule has 1 heterocycles. The minimum Gasteiger partial charge on any atom is -0.343 e. The number of carbonyl (C=O) groups excluding carboxylic acids is 2. The molecule has 0 unspecified atom stereocenters. The first kappa shape index (κ1) is 24.7. The van der Waals surface area contributed by atoms with Crippen LogP contribution in [0.1, 0.15) is 35.6 Å². The van der Waals surface area contributed by atoms with E-state index in [0.29, 0.717) is 13.0 Å². The number of likely N-dealkylation sites (N-methyl/N-ethyl adjacent to an activating group) is 1. The highest BCUT2D eigenvalue weighted by Gasteiger charge is 2.32. The van der Waals surface area contributed by atoms with Gasteiger partial charge in [0, 0.05) is 5.69 Å². The molecule has 5 heteroatoms. The SMILES string of the molecule is CN[C@@H](C)C(=O)N[C@H]1CCc2ccccc2N(Cc2cccc3c(Cc4ccccc4)cccc23)C1=O. The Balaban J connectivity index is 1.50. The Kier molecular flexibility index (Phi) is 7.33. The van der Waals surface area contributed by atoms with Gasteiger partial charge in [0.2, 0.25) is 11.8 Å². The Bertz CT molecular complexity index is 1420. The minimum absolute atomic E-state index is 0.0703. The largest absolute Gasteiger partial charge is 0.343 e. The van der Waals surface area contributed by atoms with Crippen LogP contribution >= 0.6 is 0 Å². The summed E-state index contributed by atoms with van der Waals surface area (Å²) in [7, 11) is 1.74. The first-order chi connectivity index (χ1) is 18.0. The summed E-state index contributed by atoms with van der Waals surface area (Å²) in [4.78, 5) is 28.4. The van der Waals surface area contributed by atoms with Crippen LogP contribution in [0.4, 0.5) is 5.69 Å². The molecule has 0 fully saturated rings. The van der Waals surface area contributed by atoms with E-state index < -0.39 is 6.04 Å². The fourth-order valence-corrected chi connectivity index (χ4v) is 5.16. The van der Waals surface area contributed by atoms with E-state index in [-0.39, 0.29) is 17.9 Å². The fraction of sp³-hybridized carbons (Fsp3) is 0.250. The van der Waals surface area contributed by atoms with E-state index >= 15 is 0 Å². The molecule has 2 atom stereocenters. The van der Waals surface area contributed by atoms with Crippen LogP contribution in [-0.4, -0.2) is 30.9 Å². The second-order valence-electron chi connectivity index (χ2n) is 9.76. The van der Waals surface area contributed by atoms with Crippen molar-refractivity contribution in [2.24, 2.45) is 0 Å². The maximum Gasteiger partial charge on any atom is 0.249 e. The summed E-state index contributed by atoms with van der Waals surface area (Å²) in [6.45, 7) is 2.24. The number of para-hydroxylation sites is 1. The van der Waals surface area contributed by atoms with Gasteiger partial charge in [-0.05, 0) is 72.3 Å². The summed E-state index contributed by atoms with van der Waals surface area (Å²) in [5.74, 6) is -0.235. The van der Waals surface area contributed by atoms with E-state index in [2.05, 4.69) is 77.4 Å². The van der Waals surface area contributed by atoms with Crippen molar-refractivity contribution in [1.29, 1.82) is 0 Å². The third-order valence-corrected chi connectivity index (χ3v) is 7.36. The molecular weight excluding hydrogens is 458 g/mol. The Labute approximate surface area is 218 Å². The van der Waals surface area contributed by atoms with Crippen molar-refractivity contribution in [2.45, 2.75) is 44.8 Å². The smallest absolute Gasteiger partial charge is 0.249 e. The van der Waals surface area contributed by atoms with Crippen LogP contribution in [0.25, 0.3) is 10.8 Å². The zero-order valence-electron chi connectivity index (χ0n) is 21.4. The molecule has 0 aliphatic carbocycles. The van der Waals surface area contributed by atoms with Crippen molar-refractivity contribution in [2.75, 3.05) is 11.9 Å². The quantitative estimate of drug-likeness (QED) is 0.382. The van der Waals surface area contributed by atoms with E-state index in [1.165, 1.54) is 16.5 Å². The van der Waals surface area contributed by atoms with Gasteiger partial charge in [-0.3, -0.25) is 9.59 Å². The van der Waals surface area contributed by atoms with Crippen LogP contribution < -0.4 is 15.5 Å². The van der Waals surface area contributed by atoms with E-state index in [1.807, 2.05) is 29.2 Å². The topological polar surface area (TPSA) is 61.4 Å². The monoisotopic (exact) mass is 491 g/mol.